The van der Waals surface area contributed by atoms with Gasteiger partial charge in [0.1, 0.15) is 0 Å². The fourth-order valence-electron chi connectivity index (χ4n) is 2.44. The van der Waals surface area contributed by atoms with E-state index in [0.717, 1.165) is 25.1 Å². The number of hydrazone groups is 1. The summed E-state index contributed by atoms with van der Waals surface area (Å²) in [6, 6.07) is 14.9. The van der Waals surface area contributed by atoms with Gasteiger partial charge in [-0.05, 0) is 35.4 Å². The van der Waals surface area contributed by atoms with Crippen LogP contribution in [0.4, 0.5) is 0 Å². The van der Waals surface area contributed by atoms with Crippen molar-refractivity contribution < 1.29 is 9.59 Å². The highest BCUT2D eigenvalue weighted by Crippen LogP contribution is 2.31. The summed E-state index contributed by atoms with van der Waals surface area (Å²) in [4.78, 5) is 24.6. The summed E-state index contributed by atoms with van der Waals surface area (Å²) in [7, 11) is 0. The summed E-state index contributed by atoms with van der Waals surface area (Å²) in [6.07, 6.45) is 1.66. The van der Waals surface area contributed by atoms with Crippen molar-refractivity contribution in [2.24, 2.45) is 5.10 Å². The average Bonchev–Trinajstić information content (AvgIpc) is 2.80. The standard InChI is InChI=1S/C17H12Br2N2O2/c18-13-5-1-3-11(7-13)10-20-21-16(22)9-15(17(21)23)12-4-2-6-14(19)8-12/h1-8,10,15H,9H2. The fourth-order valence-corrected chi connectivity index (χ4v) is 3.27. The van der Waals surface area contributed by atoms with E-state index in [4.69, 9.17) is 0 Å². The molecule has 1 unspecified atom stereocenters. The Morgan fingerprint density at radius 2 is 1.74 bits per heavy atom. The molecule has 1 heterocycles. The summed E-state index contributed by atoms with van der Waals surface area (Å²) in [5.74, 6) is -1.05. The zero-order chi connectivity index (χ0) is 16.4. The molecular formula is C17H12Br2N2O2. The zero-order valence-corrected chi connectivity index (χ0v) is 15.1. The van der Waals surface area contributed by atoms with Crippen LogP contribution >= 0.6 is 31.9 Å². The first-order chi connectivity index (χ1) is 11.0. The van der Waals surface area contributed by atoms with Crippen LogP contribution < -0.4 is 0 Å². The molecule has 6 heteroatoms. The third-order valence-corrected chi connectivity index (χ3v) is 4.53. The SMILES string of the molecule is O=C1CC(c2cccc(Br)c2)C(=O)N1N=Cc1cccc(Br)c1. The molecule has 4 nitrogen and oxygen atoms in total. The highest BCUT2D eigenvalue weighted by Gasteiger charge is 2.39. The predicted octanol–water partition coefficient (Wildman–Crippen LogP) is 4.09. The van der Waals surface area contributed by atoms with Crippen LogP contribution in [0, 0.1) is 0 Å². The minimum Gasteiger partial charge on any atom is -0.272 e. The molecule has 2 aromatic rings. The van der Waals surface area contributed by atoms with Crippen molar-refractivity contribution in [2.75, 3.05) is 0 Å². The second kappa shape index (κ2) is 6.76. The maximum Gasteiger partial charge on any atom is 0.257 e. The van der Waals surface area contributed by atoms with E-state index in [1.807, 2.05) is 48.5 Å². The number of hydrogen-bond donors (Lipinski definition) is 0. The topological polar surface area (TPSA) is 49.7 Å². The molecule has 0 spiro atoms. The Balaban J connectivity index is 1.82. The van der Waals surface area contributed by atoms with Gasteiger partial charge in [-0.2, -0.15) is 10.1 Å². The van der Waals surface area contributed by atoms with Crippen molar-refractivity contribution in [1.29, 1.82) is 0 Å². The molecule has 2 aromatic carbocycles. The Morgan fingerprint density at radius 1 is 1.04 bits per heavy atom. The molecule has 1 aliphatic heterocycles. The minimum absolute atomic E-state index is 0.144. The maximum atomic E-state index is 12.5. The second-order valence-corrected chi connectivity index (χ2v) is 6.99. The summed E-state index contributed by atoms with van der Waals surface area (Å²) < 4.78 is 1.79. The normalized spacial score (nSPS) is 18.2. The molecular weight excluding hydrogens is 424 g/mol. The van der Waals surface area contributed by atoms with Crippen molar-refractivity contribution in [3.63, 3.8) is 0 Å². The number of amides is 2. The van der Waals surface area contributed by atoms with Gasteiger partial charge in [0.2, 0.25) is 0 Å². The maximum absolute atomic E-state index is 12.5. The molecule has 0 saturated carbocycles. The van der Waals surface area contributed by atoms with Gasteiger partial charge in [-0.3, -0.25) is 9.59 Å². The van der Waals surface area contributed by atoms with Gasteiger partial charge in [-0.25, -0.2) is 0 Å². The van der Waals surface area contributed by atoms with Crippen molar-refractivity contribution in [1.82, 2.24) is 5.01 Å². The van der Waals surface area contributed by atoms with Crippen molar-refractivity contribution in [2.45, 2.75) is 12.3 Å². The molecule has 116 valence electrons. The Bertz CT molecular complexity index is 805. The van der Waals surface area contributed by atoms with Gasteiger partial charge < -0.3 is 0 Å². The number of halogens is 2. The Kier molecular flexibility index (Phi) is 4.73. The van der Waals surface area contributed by atoms with Crippen LogP contribution in [0.3, 0.4) is 0 Å². The van der Waals surface area contributed by atoms with Crippen LogP contribution in [0.1, 0.15) is 23.5 Å². The molecule has 0 aromatic heterocycles. The molecule has 1 atom stereocenters. The monoisotopic (exact) mass is 434 g/mol. The lowest BCUT2D eigenvalue weighted by Gasteiger charge is -2.09. The minimum atomic E-state index is -0.473. The van der Waals surface area contributed by atoms with Crippen molar-refractivity contribution in [3.8, 4) is 0 Å². The Labute approximate surface area is 150 Å². The smallest absolute Gasteiger partial charge is 0.257 e. The van der Waals surface area contributed by atoms with E-state index in [1.165, 1.54) is 6.21 Å². The van der Waals surface area contributed by atoms with Gasteiger partial charge in [-0.1, -0.05) is 56.1 Å². The third kappa shape index (κ3) is 3.59. The van der Waals surface area contributed by atoms with Crippen molar-refractivity contribution in [3.05, 3.63) is 68.6 Å². The first kappa shape index (κ1) is 16.1. The molecule has 1 fully saturated rings. The van der Waals surface area contributed by atoms with Crippen LogP contribution in [-0.2, 0) is 9.59 Å². The summed E-state index contributed by atoms with van der Waals surface area (Å²) in [6.45, 7) is 0. The number of rotatable bonds is 3. The number of carbonyl (C=O) groups excluding carboxylic acids is 2. The van der Waals surface area contributed by atoms with E-state index < -0.39 is 5.92 Å². The number of benzene rings is 2. The molecule has 0 radical (unpaired) electrons. The largest absolute Gasteiger partial charge is 0.272 e. The quantitative estimate of drug-likeness (QED) is 0.538. The zero-order valence-electron chi connectivity index (χ0n) is 11.9. The lowest BCUT2D eigenvalue weighted by Crippen LogP contribution is -2.24. The fraction of sp³-hybridized carbons (Fsp3) is 0.118. The van der Waals surface area contributed by atoms with Crippen LogP contribution in [-0.4, -0.2) is 23.0 Å². The number of imide groups is 1. The van der Waals surface area contributed by atoms with E-state index >= 15 is 0 Å². The first-order valence-corrected chi connectivity index (χ1v) is 8.55. The van der Waals surface area contributed by atoms with Crippen LogP contribution in [0.25, 0.3) is 0 Å². The lowest BCUT2D eigenvalue weighted by atomic mass is 9.98. The van der Waals surface area contributed by atoms with Gasteiger partial charge in [0.15, 0.2) is 0 Å². The Hall–Kier alpha value is -1.79. The van der Waals surface area contributed by atoms with E-state index in [1.54, 1.807) is 0 Å². The van der Waals surface area contributed by atoms with Gasteiger partial charge in [0, 0.05) is 15.4 Å². The van der Waals surface area contributed by atoms with Crippen LogP contribution in [0.15, 0.2) is 62.6 Å². The number of nitrogens with zero attached hydrogens (tertiary/aromatic N) is 2. The number of carbonyl (C=O) groups is 2. The van der Waals surface area contributed by atoms with Gasteiger partial charge in [0.25, 0.3) is 11.8 Å². The average molecular weight is 436 g/mol. The van der Waals surface area contributed by atoms with Gasteiger partial charge >= 0.3 is 0 Å². The molecule has 0 bridgehead atoms. The predicted molar refractivity (Wildman–Crippen MR) is 95.1 cm³/mol. The first-order valence-electron chi connectivity index (χ1n) is 6.96. The Morgan fingerprint density at radius 3 is 2.43 bits per heavy atom. The molecule has 1 saturated heterocycles. The molecule has 1 aliphatic rings. The summed E-state index contributed by atoms with van der Waals surface area (Å²) in [5, 5.41) is 5.04. The van der Waals surface area contributed by atoms with E-state index in [0.29, 0.717) is 0 Å². The summed E-state index contributed by atoms with van der Waals surface area (Å²) >= 11 is 6.76. The third-order valence-electron chi connectivity index (χ3n) is 3.54. The van der Waals surface area contributed by atoms with Crippen LogP contribution in [0.5, 0.6) is 0 Å². The molecule has 23 heavy (non-hydrogen) atoms. The van der Waals surface area contributed by atoms with Gasteiger partial charge in [-0.15, -0.1) is 0 Å². The highest BCUT2D eigenvalue weighted by molar-refractivity contribution is 9.10. The number of hydrogen-bond acceptors (Lipinski definition) is 3. The highest BCUT2D eigenvalue weighted by atomic mass is 79.9. The van der Waals surface area contributed by atoms with Gasteiger partial charge in [0.05, 0.1) is 12.1 Å². The van der Waals surface area contributed by atoms with E-state index in [-0.39, 0.29) is 18.2 Å². The summed E-state index contributed by atoms with van der Waals surface area (Å²) in [5.41, 5.74) is 1.63. The molecule has 2 amide bonds. The molecule has 0 aliphatic carbocycles. The molecule has 3 rings (SSSR count). The second-order valence-electron chi connectivity index (χ2n) is 5.16. The van der Waals surface area contributed by atoms with E-state index in [9.17, 15) is 9.59 Å². The van der Waals surface area contributed by atoms with Crippen LogP contribution in [0.2, 0.25) is 0 Å². The lowest BCUT2D eigenvalue weighted by molar-refractivity contribution is -0.138. The van der Waals surface area contributed by atoms with Crippen molar-refractivity contribution >= 4 is 49.9 Å². The van der Waals surface area contributed by atoms with E-state index in [2.05, 4.69) is 37.0 Å². The molecule has 0 N–H and O–H groups in total.